The van der Waals surface area contributed by atoms with Gasteiger partial charge in [0.15, 0.2) is 0 Å². The fraction of sp³-hybridized carbons (Fsp3) is 1.00. The van der Waals surface area contributed by atoms with Crippen LogP contribution in [0.3, 0.4) is 0 Å². The van der Waals surface area contributed by atoms with Crippen LogP contribution in [0.5, 0.6) is 0 Å². The highest BCUT2D eigenvalue weighted by atomic mass is 14.9. The first-order chi connectivity index (χ1) is 14.5. The van der Waals surface area contributed by atoms with Crippen LogP contribution in [0, 0.1) is 64.1 Å². The minimum Gasteiger partial charge on any atom is -0.325 e. The van der Waals surface area contributed by atoms with Gasteiger partial charge in [0.25, 0.3) is 0 Å². The van der Waals surface area contributed by atoms with E-state index in [1.54, 1.807) is 6.42 Å². The van der Waals surface area contributed by atoms with E-state index in [0.29, 0.717) is 10.8 Å². The second-order valence-electron chi connectivity index (χ2n) is 15.0. The van der Waals surface area contributed by atoms with Crippen LogP contribution in [0.1, 0.15) is 119 Å². The summed E-state index contributed by atoms with van der Waals surface area (Å²) in [5, 5.41) is 0. The maximum atomic E-state index is 7.42. The summed E-state index contributed by atoms with van der Waals surface area (Å²) in [5.41, 5.74) is 8.71. The molecule has 0 spiro atoms. The summed E-state index contributed by atoms with van der Waals surface area (Å²) in [6.07, 6.45) is 17.6. The smallest absolute Gasteiger partial charge is 0.0167 e. The van der Waals surface area contributed by atoms with E-state index in [2.05, 4.69) is 41.5 Å². The summed E-state index contributed by atoms with van der Waals surface area (Å²) in [7, 11) is 0. The zero-order valence-corrected chi connectivity index (χ0v) is 21.8. The van der Waals surface area contributed by atoms with Gasteiger partial charge >= 0.3 is 0 Å². The summed E-state index contributed by atoms with van der Waals surface area (Å²) in [5.74, 6) is 8.24. The van der Waals surface area contributed by atoms with Crippen LogP contribution in [0.4, 0.5) is 0 Å². The number of hydrogen-bond acceptors (Lipinski definition) is 1. The van der Waals surface area contributed by atoms with Crippen LogP contribution >= 0.6 is 0 Å². The molecular weight excluding hydrogens is 374 g/mol. The van der Waals surface area contributed by atoms with Crippen molar-refractivity contribution in [2.24, 2.45) is 69.8 Å². The van der Waals surface area contributed by atoms with E-state index in [-0.39, 0.29) is 5.54 Å². The van der Waals surface area contributed by atoms with Crippen molar-refractivity contribution in [2.75, 3.05) is 0 Å². The summed E-state index contributed by atoms with van der Waals surface area (Å²) in [6, 6.07) is 0. The van der Waals surface area contributed by atoms with Crippen molar-refractivity contribution in [3.05, 3.63) is 0 Å². The molecule has 6 rings (SSSR count). The predicted molar refractivity (Wildman–Crippen MR) is 133 cm³/mol. The second-order valence-corrected chi connectivity index (χ2v) is 15.0. The van der Waals surface area contributed by atoms with Gasteiger partial charge < -0.3 is 5.73 Å². The Labute approximate surface area is 194 Å². The molecule has 2 N–H and O–H groups in total. The van der Waals surface area contributed by atoms with E-state index in [9.17, 15) is 0 Å². The maximum Gasteiger partial charge on any atom is 0.0167 e. The Morgan fingerprint density at radius 2 is 1.10 bits per heavy atom. The molecule has 0 heterocycles. The number of hydrogen-bond donors (Lipinski definition) is 1. The molecule has 6 aliphatic carbocycles. The minimum absolute atomic E-state index is 0.157. The van der Waals surface area contributed by atoms with Gasteiger partial charge in [-0.3, -0.25) is 0 Å². The van der Waals surface area contributed by atoms with Gasteiger partial charge in [-0.05, 0) is 128 Å². The summed E-state index contributed by atoms with van der Waals surface area (Å²) >= 11 is 0. The molecular formula is C30H53N. The van der Waals surface area contributed by atoms with Gasteiger partial charge in [-0.1, -0.05) is 54.4 Å². The highest BCUT2D eigenvalue weighted by Crippen LogP contribution is 2.73. The molecule has 0 aromatic rings. The van der Waals surface area contributed by atoms with Gasteiger partial charge in [-0.25, -0.2) is 0 Å². The maximum absolute atomic E-state index is 7.42. The van der Waals surface area contributed by atoms with E-state index in [0.717, 1.165) is 53.3 Å². The Bertz CT molecular complexity index is 615. The number of rotatable bonds is 4. The Hall–Kier alpha value is -0.0400. The van der Waals surface area contributed by atoms with Gasteiger partial charge in [-0.2, -0.15) is 0 Å². The number of nitrogens with two attached hydrogens (primary N) is 1. The molecule has 0 aliphatic heterocycles. The molecule has 6 aliphatic rings. The molecule has 1 heteroatoms. The summed E-state index contributed by atoms with van der Waals surface area (Å²) in [4.78, 5) is 0. The molecule has 31 heavy (non-hydrogen) atoms. The Morgan fingerprint density at radius 1 is 0.645 bits per heavy atom. The average Bonchev–Trinajstić information content (AvgIpc) is 2.65. The Morgan fingerprint density at radius 3 is 1.48 bits per heavy atom. The normalized spacial score (nSPS) is 54.7. The van der Waals surface area contributed by atoms with Crippen molar-refractivity contribution in [2.45, 2.75) is 124 Å². The molecule has 6 fully saturated rings. The first-order valence-corrected chi connectivity index (χ1v) is 14.3. The van der Waals surface area contributed by atoms with Crippen LogP contribution in [-0.2, 0) is 0 Å². The van der Waals surface area contributed by atoms with Crippen molar-refractivity contribution < 1.29 is 0 Å². The quantitative estimate of drug-likeness (QED) is 0.482. The highest BCUT2D eigenvalue weighted by Gasteiger charge is 2.67. The molecule has 4 bridgehead atoms. The van der Waals surface area contributed by atoms with Gasteiger partial charge in [0, 0.05) is 5.54 Å². The molecule has 0 radical (unpaired) electrons. The molecule has 8 unspecified atom stereocenters. The third-order valence-electron chi connectivity index (χ3n) is 11.8. The zero-order valence-electron chi connectivity index (χ0n) is 21.8. The van der Waals surface area contributed by atoms with E-state index in [4.69, 9.17) is 5.73 Å². The van der Waals surface area contributed by atoms with E-state index in [1.807, 2.05) is 0 Å². The minimum atomic E-state index is 0.157. The molecule has 0 saturated heterocycles. The molecule has 6 saturated carbocycles. The average molecular weight is 428 g/mol. The standard InChI is InChI=1S/C30H53N/c1-19(2)24-9-7-21(5)11-26(24)28-13-23-14-29(16-28,18-30(31,15-23)17-28)27-12-22(6)8-10-25(27)20(3)4/h19-27H,7-18,31H2,1-6H3. The van der Waals surface area contributed by atoms with Gasteiger partial charge in [0.05, 0.1) is 0 Å². The predicted octanol–water partition coefficient (Wildman–Crippen LogP) is 8.07. The van der Waals surface area contributed by atoms with E-state index >= 15 is 0 Å². The van der Waals surface area contributed by atoms with E-state index in [1.165, 1.54) is 70.6 Å². The van der Waals surface area contributed by atoms with Crippen LogP contribution in [0.15, 0.2) is 0 Å². The summed E-state index contributed by atoms with van der Waals surface area (Å²) < 4.78 is 0. The lowest BCUT2D eigenvalue weighted by Crippen LogP contribution is -2.68. The lowest BCUT2D eigenvalue weighted by molar-refractivity contribution is -0.199. The lowest BCUT2D eigenvalue weighted by Gasteiger charge is -2.71. The Kier molecular flexibility index (Phi) is 5.68. The largest absolute Gasteiger partial charge is 0.325 e. The molecule has 0 amide bonds. The fourth-order valence-electron chi connectivity index (χ4n) is 11.3. The van der Waals surface area contributed by atoms with Crippen molar-refractivity contribution in [3.63, 3.8) is 0 Å². The van der Waals surface area contributed by atoms with Gasteiger partial charge in [0.2, 0.25) is 0 Å². The molecule has 178 valence electrons. The zero-order chi connectivity index (χ0) is 22.2. The lowest BCUT2D eigenvalue weighted by atomic mass is 9.34. The fourth-order valence-corrected chi connectivity index (χ4v) is 11.3. The van der Waals surface area contributed by atoms with Crippen molar-refractivity contribution in [3.8, 4) is 0 Å². The third-order valence-corrected chi connectivity index (χ3v) is 11.8. The molecule has 1 nitrogen and oxygen atoms in total. The molecule has 8 atom stereocenters. The first kappa shape index (κ1) is 22.7. The Balaban J connectivity index is 1.54. The SMILES string of the molecule is CC1CCC(C(C)C)C(C23CC4CC(N)(C2)CC(C2CC(C)CCC2C(C)C)(C4)C3)C1. The third kappa shape index (κ3) is 3.76. The van der Waals surface area contributed by atoms with Crippen molar-refractivity contribution in [1.82, 2.24) is 0 Å². The van der Waals surface area contributed by atoms with Gasteiger partial charge in [-0.15, -0.1) is 0 Å². The topological polar surface area (TPSA) is 26.0 Å². The van der Waals surface area contributed by atoms with Gasteiger partial charge in [0.1, 0.15) is 0 Å². The van der Waals surface area contributed by atoms with E-state index < -0.39 is 0 Å². The summed E-state index contributed by atoms with van der Waals surface area (Å²) in [6.45, 7) is 15.2. The monoisotopic (exact) mass is 427 g/mol. The second kappa shape index (κ2) is 7.74. The van der Waals surface area contributed by atoms with Crippen LogP contribution in [-0.4, -0.2) is 5.54 Å². The highest BCUT2D eigenvalue weighted by molar-refractivity contribution is 5.19. The van der Waals surface area contributed by atoms with Crippen LogP contribution < -0.4 is 5.73 Å². The van der Waals surface area contributed by atoms with Crippen molar-refractivity contribution in [1.29, 1.82) is 0 Å². The first-order valence-electron chi connectivity index (χ1n) is 14.3. The molecule has 0 aromatic heterocycles. The van der Waals surface area contributed by atoms with Crippen LogP contribution in [0.2, 0.25) is 0 Å². The van der Waals surface area contributed by atoms with Crippen molar-refractivity contribution >= 4 is 0 Å². The molecule has 0 aromatic carbocycles. The van der Waals surface area contributed by atoms with Crippen LogP contribution in [0.25, 0.3) is 0 Å².